The number of hydrogen-bond acceptors (Lipinski definition) is 10. The van der Waals surface area contributed by atoms with Gasteiger partial charge in [-0.05, 0) is 0 Å². The average molecular weight is 379 g/mol. The molecular formula is C13H13N7O7. The van der Waals surface area contributed by atoms with Gasteiger partial charge in [-0.2, -0.15) is 5.10 Å². The lowest BCUT2D eigenvalue weighted by molar-refractivity contribution is -0.385. The van der Waals surface area contributed by atoms with Crippen molar-refractivity contribution in [3.8, 4) is 11.5 Å². The van der Waals surface area contributed by atoms with E-state index in [0.717, 1.165) is 18.3 Å². The minimum atomic E-state index is -0.844. The molecule has 0 radical (unpaired) electrons. The smallest absolute Gasteiger partial charge is 0.342 e. The zero-order valence-electron chi connectivity index (χ0n) is 13.4. The number of carbonyl (C=O) groups excluding carboxylic acids is 1. The number of aromatic amines is 2. The van der Waals surface area contributed by atoms with Crippen molar-refractivity contribution in [1.82, 2.24) is 20.6 Å². The van der Waals surface area contributed by atoms with Crippen LogP contribution in [0.2, 0.25) is 0 Å². The van der Waals surface area contributed by atoms with E-state index in [-0.39, 0.29) is 24.3 Å². The molecule has 14 nitrogen and oxygen atoms in total. The number of hydrogen-bond donors (Lipinski definition) is 6. The highest BCUT2D eigenvalue weighted by Gasteiger charge is 2.16. The topological polar surface area (TPSA) is 216 Å². The minimum Gasteiger partial charge on any atom is -0.507 e. The standard InChI is InChI=1S/C13H13N7O7/c21-8-4-9(22)7(20(26)27)3-6(8)5-15-17-10(23)1-2-14-11-12(24)16-13(25)19-18-11/h3-5,21-22H,1-2H2,(H,14,18)(H,17,23)(H2,16,19,24,25)/b15-5+. The lowest BCUT2D eigenvalue weighted by Crippen LogP contribution is -2.28. The van der Waals surface area contributed by atoms with Gasteiger partial charge in [0.2, 0.25) is 11.7 Å². The van der Waals surface area contributed by atoms with Gasteiger partial charge in [0.1, 0.15) is 5.75 Å². The maximum Gasteiger partial charge on any atom is 0.342 e. The monoisotopic (exact) mass is 379 g/mol. The predicted octanol–water partition coefficient (Wildman–Crippen LogP) is -1.27. The fraction of sp³-hybridized carbons (Fsp3) is 0.154. The molecule has 2 rings (SSSR count). The summed E-state index contributed by atoms with van der Waals surface area (Å²) < 4.78 is 0. The first-order valence-corrected chi connectivity index (χ1v) is 7.23. The van der Waals surface area contributed by atoms with Gasteiger partial charge in [0, 0.05) is 30.7 Å². The molecule has 1 aromatic heterocycles. The van der Waals surface area contributed by atoms with Crippen molar-refractivity contribution < 1.29 is 19.9 Å². The van der Waals surface area contributed by atoms with Gasteiger partial charge in [-0.3, -0.25) is 24.7 Å². The first-order chi connectivity index (χ1) is 12.8. The Morgan fingerprint density at radius 2 is 2.07 bits per heavy atom. The van der Waals surface area contributed by atoms with Crippen molar-refractivity contribution in [2.24, 2.45) is 5.10 Å². The summed E-state index contributed by atoms with van der Waals surface area (Å²) in [6.07, 6.45) is 0.834. The molecule has 0 unspecified atom stereocenters. The van der Waals surface area contributed by atoms with Crippen LogP contribution >= 0.6 is 0 Å². The molecule has 0 spiro atoms. The molecule has 0 fully saturated rings. The molecule has 0 atom stereocenters. The first-order valence-electron chi connectivity index (χ1n) is 7.23. The van der Waals surface area contributed by atoms with Crippen LogP contribution in [0, 0.1) is 10.1 Å². The second kappa shape index (κ2) is 8.24. The Kier molecular flexibility index (Phi) is 5.83. The van der Waals surface area contributed by atoms with Gasteiger partial charge < -0.3 is 15.5 Å². The molecule has 0 bridgehead atoms. The van der Waals surface area contributed by atoms with E-state index in [4.69, 9.17) is 0 Å². The van der Waals surface area contributed by atoms with Crippen molar-refractivity contribution in [3.05, 3.63) is 48.6 Å². The number of H-pyrrole nitrogens is 2. The van der Waals surface area contributed by atoms with Crippen LogP contribution < -0.4 is 22.0 Å². The van der Waals surface area contributed by atoms with Crippen LogP contribution in [0.5, 0.6) is 11.5 Å². The van der Waals surface area contributed by atoms with Crippen LogP contribution in [-0.4, -0.2) is 49.0 Å². The highest BCUT2D eigenvalue weighted by molar-refractivity contribution is 5.86. The van der Waals surface area contributed by atoms with Crippen LogP contribution in [0.15, 0.2) is 26.8 Å². The number of phenolic OH excluding ortho intramolecular Hbond substituents is 2. The van der Waals surface area contributed by atoms with Crippen molar-refractivity contribution in [2.45, 2.75) is 6.42 Å². The third kappa shape index (κ3) is 5.12. The van der Waals surface area contributed by atoms with Crippen molar-refractivity contribution in [3.63, 3.8) is 0 Å². The Hall–Kier alpha value is -4.23. The summed E-state index contributed by atoms with van der Waals surface area (Å²) in [4.78, 5) is 45.6. The SMILES string of the molecule is O=C(CCNc1n[nH]c(=O)[nH]c1=O)N/N=C/c1cc([N+](=O)[O-])c(O)cc1O. The third-order valence-corrected chi connectivity index (χ3v) is 3.07. The van der Waals surface area contributed by atoms with E-state index in [1.54, 1.807) is 0 Å². The molecular weight excluding hydrogens is 366 g/mol. The van der Waals surface area contributed by atoms with Crippen LogP contribution in [-0.2, 0) is 4.79 Å². The number of anilines is 1. The van der Waals surface area contributed by atoms with Crippen molar-refractivity contribution in [2.75, 3.05) is 11.9 Å². The molecule has 1 aromatic carbocycles. The summed E-state index contributed by atoms with van der Waals surface area (Å²) >= 11 is 0. The van der Waals surface area contributed by atoms with Gasteiger partial charge >= 0.3 is 11.4 Å². The molecule has 0 aliphatic carbocycles. The first kappa shape index (κ1) is 19.1. The summed E-state index contributed by atoms with van der Waals surface area (Å²) in [6.45, 7) is -0.000587. The van der Waals surface area contributed by atoms with E-state index in [0.29, 0.717) is 0 Å². The van der Waals surface area contributed by atoms with Gasteiger partial charge in [-0.1, -0.05) is 0 Å². The number of carbonyl (C=O) groups is 1. The predicted molar refractivity (Wildman–Crippen MR) is 90.7 cm³/mol. The molecule has 14 heteroatoms. The molecule has 0 saturated heterocycles. The molecule has 2 aromatic rings. The molecule has 0 saturated carbocycles. The van der Waals surface area contributed by atoms with E-state index in [2.05, 4.69) is 20.9 Å². The number of aromatic nitrogens is 3. The fourth-order valence-corrected chi connectivity index (χ4v) is 1.82. The van der Waals surface area contributed by atoms with Gasteiger partial charge in [0.25, 0.3) is 5.56 Å². The number of hydrazone groups is 1. The minimum absolute atomic E-state index is 0.000587. The molecule has 0 aliphatic heterocycles. The number of benzene rings is 1. The summed E-state index contributed by atoms with van der Waals surface area (Å²) in [6, 6.07) is 1.66. The van der Waals surface area contributed by atoms with E-state index >= 15 is 0 Å². The lowest BCUT2D eigenvalue weighted by Gasteiger charge is -2.03. The van der Waals surface area contributed by atoms with E-state index in [9.17, 15) is 34.7 Å². The Bertz CT molecular complexity index is 1010. The quantitative estimate of drug-likeness (QED) is 0.192. The van der Waals surface area contributed by atoms with Crippen LogP contribution in [0.25, 0.3) is 0 Å². The summed E-state index contributed by atoms with van der Waals surface area (Å²) in [7, 11) is 0. The maximum atomic E-state index is 11.6. The third-order valence-electron chi connectivity index (χ3n) is 3.07. The Balaban J connectivity index is 1.90. The Labute approximate surface area is 148 Å². The number of amides is 1. The number of aromatic hydroxyl groups is 2. The number of nitrogens with one attached hydrogen (secondary N) is 4. The number of rotatable bonds is 7. The molecule has 0 aliphatic rings. The van der Waals surface area contributed by atoms with Crippen LogP contribution in [0.4, 0.5) is 11.5 Å². The van der Waals surface area contributed by atoms with Crippen molar-refractivity contribution >= 4 is 23.6 Å². The molecule has 6 N–H and O–H groups in total. The number of nitrogens with zero attached hydrogens (tertiary/aromatic N) is 3. The number of nitro groups is 1. The van der Waals surface area contributed by atoms with E-state index < -0.39 is 39.3 Å². The van der Waals surface area contributed by atoms with Gasteiger partial charge in [-0.25, -0.2) is 15.3 Å². The largest absolute Gasteiger partial charge is 0.507 e. The van der Waals surface area contributed by atoms with E-state index in [1.807, 2.05) is 10.1 Å². The summed E-state index contributed by atoms with van der Waals surface area (Å²) in [5.74, 6) is -1.93. The summed E-state index contributed by atoms with van der Waals surface area (Å²) in [5, 5.41) is 41.3. The summed E-state index contributed by atoms with van der Waals surface area (Å²) in [5.41, 5.74) is -0.133. The van der Waals surface area contributed by atoms with E-state index in [1.165, 1.54) is 0 Å². The lowest BCUT2D eigenvalue weighted by atomic mass is 10.2. The van der Waals surface area contributed by atoms with Crippen molar-refractivity contribution in [1.29, 1.82) is 0 Å². The zero-order chi connectivity index (χ0) is 20.0. The average Bonchev–Trinajstić information content (AvgIpc) is 2.58. The zero-order valence-corrected chi connectivity index (χ0v) is 13.4. The molecule has 27 heavy (non-hydrogen) atoms. The number of phenols is 2. The molecule has 1 heterocycles. The number of nitro benzene ring substituents is 1. The fourth-order valence-electron chi connectivity index (χ4n) is 1.82. The normalized spacial score (nSPS) is 10.7. The second-order valence-corrected chi connectivity index (χ2v) is 4.98. The molecule has 142 valence electrons. The van der Waals surface area contributed by atoms with Crippen LogP contribution in [0.3, 0.4) is 0 Å². The maximum absolute atomic E-state index is 11.6. The highest BCUT2D eigenvalue weighted by atomic mass is 16.6. The van der Waals surface area contributed by atoms with Gasteiger partial charge in [0.15, 0.2) is 5.75 Å². The Morgan fingerprint density at radius 1 is 1.33 bits per heavy atom. The highest BCUT2D eigenvalue weighted by Crippen LogP contribution is 2.31. The van der Waals surface area contributed by atoms with Gasteiger partial charge in [0.05, 0.1) is 11.1 Å². The Morgan fingerprint density at radius 3 is 2.74 bits per heavy atom. The second-order valence-electron chi connectivity index (χ2n) is 4.98. The van der Waals surface area contributed by atoms with Gasteiger partial charge in [-0.15, -0.1) is 5.10 Å². The van der Waals surface area contributed by atoms with Crippen LogP contribution in [0.1, 0.15) is 12.0 Å². The molecule has 1 amide bonds.